The number of amides is 1. The molecule has 1 aromatic heterocycles. The number of carbonyl (C=O) groups excluding carboxylic acids is 1. The van der Waals surface area contributed by atoms with Crippen LogP contribution in [0.4, 0.5) is 0 Å². The SMILES string of the molecule is CC(C)=C1[C@H]2CC[C@H]1[C@H](C(=O)NCc1cccs1)[C@H]2C(=O)O. The molecule has 4 atom stereocenters. The van der Waals surface area contributed by atoms with Gasteiger partial charge in [-0.15, -0.1) is 11.3 Å². The fourth-order valence-corrected chi connectivity index (χ4v) is 4.95. The highest BCUT2D eigenvalue weighted by Gasteiger charge is 2.57. The van der Waals surface area contributed by atoms with Crippen molar-refractivity contribution < 1.29 is 14.7 Å². The number of allylic oxidation sites excluding steroid dienone is 2. The summed E-state index contributed by atoms with van der Waals surface area (Å²) in [6, 6.07) is 3.92. The molecule has 2 fully saturated rings. The van der Waals surface area contributed by atoms with Crippen molar-refractivity contribution in [2.24, 2.45) is 23.7 Å². The van der Waals surface area contributed by atoms with Crippen molar-refractivity contribution in [3.05, 3.63) is 33.5 Å². The number of carbonyl (C=O) groups is 2. The first-order valence-corrected chi connectivity index (χ1v) is 8.58. The van der Waals surface area contributed by atoms with E-state index in [-0.39, 0.29) is 17.7 Å². The molecule has 2 saturated carbocycles. The second kappa shape index (κ2) is 5.88. The monoisotopic (exact) mass is 319 g/mol. The van der Waals surface area contributed by atoms with E-state index in [0.717, 1.165) is 17.7 Å². The molecule has 3 rings (SSSR count). The van der Waals surface area contributed by atoms with Gasteiger partial charge in [0.25, 0.3) is 0 Å². The molecule has 0 unspecified atom stereocenters. The molecule has 1 aromatic rings. The van der Waals surface area contributed by atoms with E-state index in [2.05, 4.69) is 5.32 Å². The molecule has 5 heteroatoms. The third kappa shape index (κ3) is 2.47. The average Bonchev–Trinajstić information content (AvgIpc) is 3.17. The highest BCUT2D eigenvalue weighted by Crippen LogP contribution is 2.57. The molecule has 2 aliphatic carbocycles. The molecular formula is C17H21NO3S. The first kappa shape index (κ1) is 15.3. The van der Waals surface area contributed by atoms with Gasteiger partial charge in [-0.3, -0.25) is 9.59 Å². The van der Waals surface area contributed by atoms with Crippen LogP contribution < -0.4 is 5.32 Å². The largest absolute Gasteiger partial charge is 0.481 e. The number of thiophene rings is 1. The van der Waals surface area contributed by atoms with Gasteiger partial charge in [0.2, 0.25) is 5.91 Å². The number of fused-ring (bicyclic) bond motifs is 2. The first-order valence-electron chi connectivity index (χ1n) is 7.71. The standard InChI is InChI=1S/C17H21NO3S/c1-9(2)13-11-5-6-12(13)15(17(20)21)14(11)16(19)18-8-10-4-3-7-22-10/h3-4,7,11-12,14-15H,5-6,8H2,1-2H3,(H,18,19)(H,20,21)/t11-,12-,14+,15+/m1/s1. The fraction of sp³-hybridized carbons (Fsp3) is 0.529. The molecule has 2 N–H and O–H groups in total. The van der Waals surface area contributed by atoms with E-state index in [1.807, 2.05) is 31.4 Å². The molecule has 22 heavy (non-hydrogen) atoms. The fourth-order valence-electron chi connectivity index (χ4n) is 4.31. The van der Waals surface area contributed by atoms with Crippen LogP contribution in [0, 0.1) is 23.7 Å². The van der Waals surface area contributed by atoms with Gasteiger partial charge < -0.3 is 10.4 Å². The van der Waals surface area contributed by atoms with Crippen LogP contribution in [0.2, 0.25) is 0 Å². The normalized spacial score (nSPS) is 29.6. The molecule has 1 heterocycles. The highest BCUT2D eigenvalue weighted by molar-refractivity contribution is 7.09. The number of rotatable bonds is 4. The van der Waals surface area contributed by atoms with E-state index in [9.17, 15) is 14.7 Å². The van der Waals surface area contributed by atoms with E-state index < -0.39 is 17.8 Å². The third-order valence-electron chi connectivity index (χ3n) is 5.02. The van der Waals surface area contributed by atoms with Crippen molar-refractivity contribution in [2.75, 3.05) is 0 Å². The molecule has 2 bridgehead atoms. The average molecular weight is 319 g/mol. The Labute approximate surface area is 134 Å². The van der Waals surface area contributed by atoms with Crippen molar-refractivity contribution in [1.82, 2.24) is 5.32 Å². The van der Waals surface area contributed by atoms with Crippen LogP contribution in [0.1, 0.15) is 31.6 Å². The molecule has 0 saturated heterocycles. The maximum Gasteiger partial charge on any atom is 0.307 e. The summed E-state index contributed by atoms with van der Waals surface area (Å²) in [6.07, 6.45) is 1.84. The van der Waals surface area contributed by atoms with Gasteiger partial charge in [-0.2, -0.15) is 0 Å². The van der Waals surface area contributed by atoms with Gasteiger partial charge in [0, 0.05) is 4.88 Å². The minimum Gasteiger partial charge on any atom is -0.481 e. The Kier molecular flexibility index (Phi) is 4.08. The molecule has 0 aliphatic heterocycles. The maximum atomic E-state index is 12.6. The van der Waals surface area contributed by atoms with Crippen molar-refractivity contribution in [3.63, 3.8) is 0 Å². The van der Waals surface area contributed by atoms with Crippen LogP contribution in [-0.4, -0.2) is 17.0 Å². The van der Waals surface area contributed by atoms with Gasteiger partial charge in [-0.05, 0) is 50.0 Å². The Bertz CT molecular complexity index is 616. The number of carboxylic acids is 1. The second-order valence-electron chi connectivity index (χ2n) is 6.43. The number of hydrogen-bond donors (Lipinski definition) is 2. The van der Waals surface area contributed by atoms with Crippen molar-refractivity contribution >= 4 is 23.2 Å². The van der Waals surface area contributed by atoms with Gasteiger partial charge in [0.05, 0.1) is 18.4 Å². The van der Waals surface area contributed by atoms with Crippen LogP contribution in [0.5, 0.6) is 0 Å². The minimum absolute atomic E-state index is 0.0463. The van der Waals surface area contributed by atoms with Crippen LogP contribution in [-0.2, 0) is 16.1 Å². The van der Waals surface area contributed by atoms with E-state index in [0.29, 0.717) is 6.54 Å². The van der Waals surface area contributed by atoms with Gasteiger partial charge >= 0.3 is 5.97 Å². The first-order chi connectivity index (χ1) is 10.5. The van der Waals surface area contributed by atoms with Crippen molar-refractivity contribution in [2.45, 2.75) is 33.2 Å². The third-order valence-corrected chi connectivity index (χ3v) is 5.90. The lowest BCUT2D eigenvalue weighted by atomic mass is 9.79. The van der Waals surface area contributed by atoms with Gasteiger partial charge in [0.15, 0.2) is 0 Å². The summed E-state index contributed by atoms with van der Waals surface area (Å²) in [5, 5.41) is 14.5. The zero-order valence-electron chi connectivity index (χ0n) is 12.8. The van der Waals surface area contributed by atoms with Gasteiger partial charge in [-0.25, -0.2) is 0 Å². The molecule has 0 aromatic carbocycles. The number of nitrogens with one attached hydrogen (secondary N) is 1. The highest BCUT2D eigenvalue weighted by atomic mass is 32.1. The predicted octanol–water partition coefficient (Wildman–Crippen LogP) is 3.06. The van der Waals surface area contributed by atoms with Crippen molar-refractivity contribution in [1.29, 1.82) is 0 Å². The van der Waals surface area contributed by atoms with Crippen LogP contribution in [0.25, 0.3) is 0 Å². The van der Waals surface area contributed by atoms with Crippen LogP contribution in [0.3, 0.4) is 0 Å². The Balaban J connectivity index is 1.80. The summed E-state index contributed by atoms with van der Waals surface area (Å²) < 4.78 is 0. The van der Waals surface area contributed by atoms with E-state index >= 15 is 0 Å². The maximum absolute atomic E-state index is 12.6. The quantitative estimate of drug-likeness (QED) is 0.838. The Hall–Kier alpha value is -1.62. The number of hydrogen-bond acceptors (Lipinski definition) is 3. The van der Waals surface area contributed by atoms with Crippen LogP contribution in [0.15, 0.2) is 28.7 Å². The molecular weight excluding hydrogens is 298 g/mol. The number of carboxylic acid groups (broad SMARTS) is 1. The molecule has 0 radical (unpaired) electrons. The molecule has 118 valence electrons. The summed E-state index contributed by atoms with van der Waals surface area (Å²) in [6.45, 7) is 4.55. The smallest absolute Gasteiger partial charge is 0.307 e. The Morgan fingerprint density at radius 2 is 1.95 bits per heavy atom. The lowest BCUT2D eigenvalue weighted by Crippen LogP contribution is -2.40. The summed E-state index contributed by atoms with van der Waals surface area (Å²) in [7, 11) is 0. The Morgan fingerprint density at radius 1 is 1.27 bits per heavy atom. The van der Waals surface area contributed by atoms with Crippen molar-refractivity contribution in [3.8, 4) is 0 Å². The Morgan fingerprint density at radius 3 is 2.50 bits per heavy atom. The predicted molar refractivity (Wildman–Crippen MR) is 85.4 cm³/mol. The minimum atomic E-state index is -0.831. The summed E-state index contributed by atoms with van der Waals surface area (Å²) in [5.41, 5.74) is 2.41. The van der Waals surface area contributed by atoms with E-state index in [1.54, 1.807) is 11.3 Å². The van der Waals surface area contributed by atoms with E-state index in [1.165, 1.54) is 11.1 Å². The lowest BCUT2D eigenvalue weighted by molar-refractivity contribution is -0.149. The number of aliphatic carboxylic acids is 1. The lowest BCUT2D eigenvalue weighted by Gasteiger charge is -2.26. The van der Waals surface area contributed by atoms with E-state index in [4.69, 9.17) is 0 Å². The molecule has 0 spiro atoms. The van der Waals surface area contributed by atoms with Gasteiger partial charge in [-0.1, -0.05) is 17.2 Å². The summed E-state index contributed by atoms with van der Waals surface area (Å²) in [4.78, 5) is 25.4. The van der Waals surface area contributed by atoms with Crippen LogP contribution >= 0.6 is 11.3 Å². The van der Waals surface area contributed by atoms with Gasteiger partial charge in [0.1, 0.15) is 0 Å². The molecule has 2 aliphatic rings. The topological polar surface area (TPSA) is 66.4 Å². The zero-order chi connectivity index (χ0) is 15.9. The second-order valence-corrected chi connectivity index (χ2v) is 7.46. The molecule has 4 nitrogen and oxygen atoms in total. The summed E-state index contributed by atoms with van der Waals surface area (Å²) in [5.74, 6) is -1.76. The molecule has 1 amide bonds. The summed E-state index contributed by atoms with van der Waals surface area (Å²) >= 11 is 1.59. The zero-order valence-corrected chi connectivity index (χ0v) is 13.7.